The summed E-state index contributed by atoms with van der Waals surface area (Å²) in [6.45, 7) is 8.64. The molecule has 1 aliphatic rings. The van der Waals surface area contributed by atoms with E-state index in [0.29, 0.717) is 0 Å². The van der Waals surface area contributed by atoms with Gasteiger partial charge in [-0.15, -0.1) is 0 Å². The molecule has 1 unspecified atom stereocenters. The molecular weight excluding hydrogens is 330 g/mol. The van der Waals surface area contributed by atoms with Crippen LogP contribution in [0.2, 0.25) is 0 Å². The van der Waals surface area contributed by atoms with Crippen molar-refractivity contribution in [2.45, 2.75) is 33.9 Å². The Bertz CT molecular complexity index is 984. The van der Waals surface area contributed by atoms with E-state index >= 15 is 0 Å². The minimum Gasteiger partial charge on any atom is -0.463 e. The van der Waals surface area contributed by atoms with Crippen molar-refractivity contribution in [2.24, 2.45) is 0 Å². The minimum absolute atomic E-state index is 0.164. The first-order chi connectivity index (χ1) is 13.1. The molecular formula is C25H25NO. The van der Waals surface area contributed by atoms with Crippen molar-refractivity contribution < 1.29 is 4.74 Å². The molecule has 2 nitrogen and oxygen atoms in total. The van der Waals surface area contributed by atoms with Crippen LogP contribution in [-0.4, -0.2) is 0 Å². The predicted molar refractivity (Wildman–Crippen MR) is 112 cm³/mol. The Morgan fingerprint density at radius 1 is 0.667 bits per heavy atom. The number of hydrogen-bond donors (Lipinski definition) is 0. The maximum atomic E-state index is 6.64. The molecule has 0 fully saturated rings. The lowest BCUT2D eigenvalue weighted by molar-refractivity contribution is 0.194. The molecule has 0 N–H and O–H groups in total. The van der Waals surface area contributed by atoms with Gasteiger partial charge in [0.1, 0.15) is 5.76 Å². The summed E-state index contributed by atoms with van der Waals surface area (Å²) < 4.78 is 6.64. The molecule has 27 heavy (non-hydrogen) atoms. The van der Waals surface area contributed by atoms with Crippen molar-refractivity contribution in [3.63, 3.8) is 0 Å². The third kappa shape index (κ3) is 3.02. The van der Waals surface area contributed by atoms with E-state index in [-0.39, 0.29) is 6.23 Å². The van der Waals surface area contributed by atoms with Crippen LogP contribution >= 0.6 is 0 Å². The third-order valence-electron chi connectivity index (χ3n) is 5.35. The van der Waals surface area contributed by atoms with Crippen molar-refractivity contribution in [1.29, 1.82) is 0 Å². The Balaban J connectivity index is 1.91. The minimum atomic E-state index is -0.164. The van der Waals surface area contributed by atoms with Crippen molar-refractivity contribution in [1.82, 2.24) is 0 Å². The molecule has 1 atom stereocenters. The smallest absolute Gasteiger partial charge is 0.203 e. The molecule has 1 aliphatic heterocycles. The van der Waals surface area contributed by atoms with Gasteiger partial charge in [0, 0.05) is 16.8 Å². The lowest BCUT2D eigenvalue weighted by Crippen LogP contribution is -2.25. The lowest BCUT2D eigenvalue weighted by atomic mass is 10.00. The van der Waals surface area contributed by atoms with Crippen molar-refractivity contribution in [3.05, 3.63) is 106 Å². The highest BCUT2D eigenvalue weighted by atomic mass is 16.5. The number of hydrogen-bond acceptors (Lipinski definition) is 2. The van der Waals surface area contributed by atoms with Gasteiger partial charge in [-0.05, 0) is 50.5 Å². The number of allylic oxidation sites excluding steroid dienone is 1. The molecule has 136 valence electrons. The standard InChI is InChI=1S/C25H25NO/c1-17-11-8-9-16-22(17)26-20(4)24(21-14-6-5-7-15-21)27-25(26)23-18(2)12-10-13-19(23)3/h5-16,25H,1-4H3. The number of nitrogens with zero attached hydrogens (tertiary/aromatic N) is 1. The highest BCUT2D eigenvalue weighted by Gasteiger charge is 2.36. The van der Waals surface area contributed by atoms with Gasteiger partial charge in [-0.1, -0.05) is 66.7 Å². The topological polar surface area (TPSA) is 12.5 Å². The highest BCUT2D eigenvalue weighted by molar-refractivity contribution is 5.74. The Hall–Kier alpha value is -3.00. The maximum absolute atomic E-state index is 6.64. The summed E-state index contributed by atoms with van der Waals surface area (Å²) >= 11 is 0. The number of benzene rings is 3. The predicted octanol–water partition coefficient (Wildman–Crippen LogP) is 6.54. The molecule has 3 aromatic carbocycles. The zero-order valence-corrected chi connectivity index (χ0v) is 16.4. The van der Waals surface area contributed by atoms with Gasteiger partial charge in [-0.3, -0.25) is 0 Å². The van der Waals surface area contributed by atoms with Crippen LogP contribution in [0.3, 0.4) is 0 Å². The fourth-order valence-corrected chi connectivity index (χ4v) is 3.95. The van der Waals surface area contributed by atoms with Crippen molar-refractivity contribution in [2.75, 3.05) is 4.90 Å². The van der Waals surface area contributed by atoms with Crippen LogP contribution in [0.15, 0.2) is 78.5 Å². The van der Waals surface area contributed by atoms with Crippen LogP contribution in [0.1, 0.15) is 41.0 Å². The van der Waals surface area contributed by atoms with Gasteiger partial charge >= 0.3 is 0 Å². The maximum Gasteiger partial charge on any atom is 0.203 e. The largest absolute Gasteiger partial charge is 0.463 e. The van der Waals surface area contributed by atoms with Gasteiger partial charge in [-0.25, -0.2) is 0 Å². The fraction of sp³-hybridized carbons (Fsp3) is 0.200. The van der Waals surface area contributed by atoms with Gasteiger partial charge in [0.15, 0.2) is 0 Å². The SMILES string of the molecule is CC1=C(c2ccccc2)OC(c2c(C)cccc2C)N1c1ccccc1C. The quantitative estimate of drug-likeness (QED) is 0.529. The Kier molecular flexibility index (Phi) is 4.49. The Morgan fingerprint density at radius 2 is 1.26 bits per heavy atom. The zero-order valence-electron chi connectivity index (χ0n) is 16.4. The highest BCUT2D eigenvalue weighted by Crippen LogP contribution is 2.45. The number of para-hydroxylation sites is 1. The van der Waals surface area contributed by atoms with E-state index in [1.165, 1.54) is 27.9 Å². The molecule has 4 rings (SSSR count). The number of anilines is 1. The fourth-order valence-electron chi connectivity index (χ4n) is 3.95. The second-order valence-electron chi connectivity index (χ2n) is 7.21. The molecule has 0 aromatic heterocycles. The molecule has 0 saturated heterocycles. The molecule has 0 aliphatic carbocycles. The summed E-state index contributed by atoms with van der Waals surface area (Å²) in [4.78, 5) is 2.34. The second-order valence-corrected chi connectivity index (χ2v) is 7.21. The van der Waals surface area contributed by atoms with Gasteiger partial charge in [0.25, 0.3) is 0 Å². The van der Waals surface area contributed by atoms with E-state index in [0.717, 1.165) is 17.0 Å². The van der Waals surface area contributed by atoms with Crippen LogP contribution in [0.5, 0.6) is 0 Å². The van der Waals surface area contributed by atoms with E-state index in [9.17, 15) is 0 Å². The lowest BCUT2D eigenvalue weighted by Gasteiger charge is -2.30. The van der Waals surface area contributed by atoms with E-state index < -0.39 is 0 Å². The molecule has 0 spiro atoms. The van der Waals surface area contributed by atoms with Crippen LogP contribution in [0.4, 0.5) is 5.69 Å². The zero-order chi connectivity index (χ0) is 19.0. The summed E-state index contributed by atoms with van der Waals surface area (Å²) in [6.07, 6.45) is -0.164. The monoisotopic (exact) mass is 355 g/mol. The van der Waals surface area contributed by atoms with Crippen LogP contribution in [0, 0.1) is 20.8 Å². The molecule has 0 saturated carbocycles. The van der Waals surface area contributed by atoms with E-state index in [1.807, 2.05) is 6.07 Å². The summed E-state index contributed by atoms with van der Waals surface area (Å²) in [5.41, 5.74) is 8.43. The Labute approximate surface area is 161 Å². The van der Waals surface area contributed by atoms with Gasteiger partial charge in [-0.2, -0.15) is 0 Å². The molecule has 2 heteroatoms. The van der Waals surface area contributed by atoms with Gasteiger partial charge < -0.3 is 9.64 Å². The Morgan fingerprint density at radius 3 is 1.93 bits per heavy atom. The van der Waals surface area contributed by atoms with E-state index in [2.05, 4.69) is 99.3 Å². The van der Waals surface area contributed by atoms with Gasteiger partial charge in [0.2, 0.25) is 6.23 Å². The average Bonchev–Trinajstić information content (AvgIpc) is 3.00. The first kappa shape index (κ1) is 17.4. The summed E-state index contributed by atoms with van der Waals surface area (Å²) in [5, 5.41) is 0. The molecule has 0 bridgehead atoms. The molecule has 0 amide bonds. The summed E-state index contributed by atoms with van der Waals surface area (Å²) in [7, 11) is 0. The third-order valence-corrected chi connectivity index (χ3v) is 5.35. The summed E-state index contributed by atoms with van der Waals surface area (Å²) in [5.74, 6) is 0.950. The first-order valence-corrected chi connectivity index (χ1v) is 9.42. The normalized spacial score (nSPS) is 16.6. The summed E-state index contributed by atoms with van der Waals surface area (Å²) in [6, 6.07) is 25.3. The average molecular weight is 355 g/mol. The first-order valence-electron chi connectivity index (χ1n) is 9.42. The molecule has 3 aromatic rings. The van der Waals surface area contributed by atoms with E-state index in [1.54, 1.807) is 0 Å². The van der Waals surface area contributed by atoms with Crippen molar-refractivity contribution in [3.8, 4) is 0 Å². The van der Waals surface area contributed by atoms with Crippen molar-refractivity contribution >= 4 is 11.4 Å². The van der Waals surface area contributed by atoms with Crippen LogP contribution in [0.25, 0.3) is 5.76 Å². The molecule has 1 heterocycles. The van der Waals surface area contributed by atoms with E-state index in [4.69, 9.17) is 4.74 Å². The van der Waals surface area contributed by atoms with Crippen LogP contribution < -0.4 is 4.90 Å². The molecule has 0 radical (unpaired) electrons. The number of ether oxygens (including phenoxy) is 1. The number of aryl methyl sites for hydroxylation is 3. The van der Waals surface area contributed by atoms with Gasteiger partial charge in [0.05, 0.1) is 5.70 Å². The second kappa shape index (κ2) is 6.96. The van der Waals surface area contributed by atoms with Crippen LogP contribution in [-0.2, 0) is 4.74 Å². The number of rotatable bonds is 3.